The second kappa shape index (κ2) is 9.38. The topological polar surface area (TPSA) is 100 Å². The summed E-state index contributed by atoms with van der Waals surface area (Å²) in [6, 6.07) is 17.1. The zero-order valence-electron chi connectivity index (χ0n) is 16.6. The van der Waals surface area contributed by atoms with Crippen molar-refractivity contribution in [3.05, 3.63) is 89.5 Å². The van der Waals surface area contributed by atoms with Gasteiger partial charge < -0.3 is 20.4 Å². The maximum atomic E-state index is 13.0. The SMILES string of the molecule is CC(=O)Nc1cccc(NC(=O)/C(=C/c2ccco2)NC(=O)c2ccccc2)c1C. The molecule has 30 heavy (non-hydrogen) atoms. The van der Waals surface area contributed by atoms with Crippen LogP contribution in [-0.2, 0) is 9.59 Å². The maximum Gasteiger partial charge on any atom is 0.272 e. The van der Waals surface area contributed by atoms with Crippen LogP contribution in [0.1, 0.15) is 28.6 Å². The summed E-state index contributed by atoms with van der Waals surface area (Å²) in [5, 5.41) is 8.13. The van der Waals surface area contributed by atoms with Crippen molar-refractivity contribution in [2.75, 3.05) is 10.6 Å². The molecule has 2 aromatic carbocycles. The van der Waals surface area contributed by atoms with Gasteiger partial charge in [-0.2, -0.15) is 0 Å². The number of hydrogen-bond donors (Lipinski definition) is 3. The Labute approximate surface area is 173 Å². The van der Waals surface area contributed by atoms with Crippen molar-refractivity contribution in [3.63, 3.8) is 0 Å². The molecule has 0 aliphatic rings. The van der Waals surface area contributed by atoms with Crippen molar-refractivity contribution in [2.45, 2.75) is 13.8 Å². The second-order valence-electron chi connectivity index (χ2n) is 6.51. The molecule has 0 saturated heterocycles. The molecule has 7 nitrogen and oxygen atoms in total. The fourth-order valence-corrected chi connectivity index (χ4v) is 2.74. The van der Waals surface area contributed by atoms with E-state index in [-0.39, 0.29) is 11.6 Å². The van der Waals surface area contributed by atoms with Gasteiger partial charge in [0.25, 0.3) is 11.8 Å². The highest BCUT2D eigenvalue weighted by atomic mass is 16.3. The Morgan fingerprint density at radius 3 is 2.20 bits per heavy atom. The average Bonchev–Trinajstić information content (AvgIpc) is 3.24. The first-order chi connectivity index (χ1) is 14.4. The van der Waals surface area contributed by atoms with E-state index >= 15 is 0 Å². The lowest BCUT2D eigenvalue weighted by Gasteiger charge is -2.14. The molecule has 0 spiro atoms. The van der Waals surface area contributed by atoms with Gasteiger partial charge in [-0.05, 0) is 48.9 Å². The predicted molar refractivity (Wildman–Crippen MR) is 115 cm³/mol. The van der Waals surface area contributed by atoms with Gasteiger partial charge in [0.1, 0.15) is 11.5 Å². The molecular formula is C23H21N3O4. The van der Waals surface area contributed by atoms with Gasteiger partial charge in [0.15, 0.2) is 0 Å². The van der Waals surface area contributed by atoms with E-state index in [1.807, 2.05) is 0 Å². The van der Waals surface area contributed by atoms with Gasteiger partial charge in [-0.25, -0.2) is 0 Å². The predicted octanol–water partition coefficient (Wildman–Crippen LogP) is 3.96. The summed E-state index contributed by atoms with van der Waals surface area (Å²) in [5.41, 5.74) is 2.21. The molecule has 0 radical (unpaired) electrons. The molecule has 0 saturated carbocycles. The number of hydrogen-bond acceptors (Lipinski definition) is 4. The van der Waals surface area contributed by atoms with Gasteiger partial charge in [0.05, 0.1) is 6.26 Å². The minimum absolute atomic E-state index is 0.0168. The number of anilines is 2. The highest BCUT2D eigenvalue weighted by Crippen LogP contribution is 2.24. The number of furan rings is 1. The average molecular weight is 403 g/mol. The van der Waals surface area contributed by atoms with Crippen molar-refractivity contribution < 1.29 is 18.8 Å². The summed E-state index contributed by atoms with van der Waals surface area (Å²) in [7, 11) is 0. The Morgan fingerprint density at radius 1 is 0.867 bits per heavy atom. The van der Waals surface area contributed by atoms with E-state index in [1.165, 1.54) is 19.3 Å². The lowest BCUT2D eigenvalue weighted by Crippen LogP contribution is -2.31. The lowest BCUT2D eigenvalue weighted by atomic mass is 10.1. The van der Waals surface area contributed by atoms with Crippen LogP contribution in [-0.4, -0.2) is 17.7 Å². The van der Waals surface area contributed by atoms with Crippen LogP contribution in [0.3, 0.4) is 0 Å². The molecule has 0 unspecified atom stereocenters. The molecule has 3 rings (SSSR count). The van der Waals surface area contributed by atoms with E-state index in [4.69, 9.17) is 4.42 Å². The summed E-state index contributed by atoms with van der Waals surface area (Å²) >= 11 is 0. The summed E-state index contributed by atoms with van der Waals surface area (Å²) in [6.07, 6.45) is 2.92. The van der Waals surface area contributed by atoms with Crippen LogP contribution in [0.5, 0.6) is 0 Å². The summed E-state index contributed by atoms with van der Waals surface area (Å²) in [4.78, 5) is 36.9. The third-order valence-electron chi connectivity index (χ3n) is 4.25. The standard InChI is InChI=1S/C23H21N3O4/c1-15-19(24-16(2)27)11-6-12-20(15)25-23(29)21(14-18-10-7-13-30-18)26-22(28)17-8-4-3-5-9-17/h3-14H,1-2H3,(H,24,27)(H,25,29)(H,26,28)/b21-14-. The molecule has 1 heterocycles. The van der Waals surface area contributed by atoms with Crippen LogP contribution < -0.4 is 16.0 Å². The van der Waals surface area contributed by atoms with Gasteiger partial charge in [0.2, 0.25) is 5.91 Å². The molecule has 3 amide bonds. The largest absolute Gasteiger partial charge is 0.465 e. The maximum absolute atomic E-state index is 13.0. The van der Waals surface area contributed by atoms with Crippen LogP contribution in [0, 0.1) is 6.92 Å². The lowest BCUT2D eigenvalue weighted by molar-refractivity contribution is -0.114. The zero-order valence-corrected chi connectivity index (χ0v) is 16.6. The number of nitrogens with one attached hydrogen (secondary N) is 3. The third-order valence-corrected chi connectivity index (χ3v) is 4.25. The second-order valence-corrected chi connectivity index (χ2v) is 6.51. The molecule has 0 bridgehead atoms. The molecule has 1 aromatic heterocycles. The Hall–Kier alpha value is -4.13. The van der Waals surface area contributed by atoms with Crippen LogP contribution >= 0.6 is 0 Å². The number of carbonyl (C=O) groups is 3. The Morgan fingerprint density at radius 2 is 1.57 bits per heavy atom. The van der Waals surface area contributed by atoms with E-state index in [0.717, 1.165) is 0 Å². The van der Waals surface area contributed by atoms with Crippen molar-refractivity contribution in [3.8, 4) is 0 Å². The number of benzene rings is 2. The van der Waals surface area contributed by atoms with Crippen LogP contribution in [0.4, 0.5) is 11.4 Å². The molecule has 7 heteroatoms. The van der Waals surface area contributed by atoms with E-state index in [2.05, 4.69) is 16.0 Å². The minimum atomic E-state index is -0.529. The fraction of sp³-hybridized carbons (Fsp3) is 0.0870. The van der Waals surface area contributed by atoms with Gasteiger partial charge in [-0.15, -0.1) is 0 Å². The smallest absolute Gasteiger partial charge is 0.272 e. The van der Waals surface area contributed by atoms with Gasteiger partial charge in [0, 0.05) is 29.9 Å². The van der Waals surface area contributed by atoms with Gasteiger partial charge in [-0.1, -0.05) is 24.3 Å². The van der Waals surface area contributed by atoms with E-state index in [9.17, 15) is 14.4 Å². The highest BCUT2D eigenvalue weighted by molar-refractivity contribution is 6.11. The van der Waals surface area contributed by atoms with Crippen molar-refractivity contribution in [1.82, 2.24) is 5.32 Å². The van der Waals surface area contributed by atoms with Crippen LogP contribution in [0.15, 0.2) is 77.0 Å². The van der Waals surface area contributed by atoms with E-state index in [0.29, 0.717) is 28.3 Å². The van der Waals surface area contributed by atoms with E-state index < -0.39 is 11.8 Å². The number of amides is 3. The molecule has 0 fully saturated rings. The molecule has 0 aliphatic heterocycles. The molecule has 3 aromatic rings. The first-order valence-electron chi connectivity index (χ1n) is 9.24. The van der Waals surface area contributed by atoms with E-state index in [1.54, 1.807) is 67.6 Å². The quantitative estimate of drug-likeness (QED) is 0.543. The fourth-order valence-electron chi connectivity index (χ4n) is 2.74. The molecule has 0 aliphatic carbocycles. The van der Waals surface area contributed by atoms with Crippen LogP contribution in [0.25, 0.3) is 6.08 Å². The highest BCUT2D eigenvalue weighted by Gasteiger charge is 2.17. The molecule has 3 N–H and O–H groups in total. The van der Waals surface area contributed by atoms with Crippen molar-refractivity contribution >= 4 is 35.2 Å². The monoisotopic (exact) mass is 403 g/mol. The van der Waals surface area contributed by atoms with Crippen molar-refractivity contribution in [2.24, 2.45) is 0 Å². The number of rotatable bonds is 6. The Balaban J connectivity index is 1.86. The minimum Gasteiger partial charge on any atom is -0.465 e. The third kappa shape index (κ3) is 5.23. The van der Waals surface area contributed by atoms with Gasteiger partial charge in [-0.3, -0.25) is 14.4 Å². The Bertz CT molecular complexity index is 1090. The summed E-state index contributed by atoms with van der Waals surface area (Å²) in [5.74, 6) is -0.752. The van der Waals surface area contributed by atoms with Crippen LogP contribution in [0.2, 0.25) is 0 Å². The zero-order chi connectivity index (χ0) is 21.5. The Kier molecular flexibility index (Phi) is 6.44. The van der Waals surface area contributed by atoms with Gasteiger partial charge >= 0.3 is 0 Å². The van der Waals surface area contributed by atoms with Crippen molar-refractivity contribution in [1.29, 1.82) is 0 Å². The number of carbonyl (C=O) groups excluding carboxylic acids is 3. The summed E-state index contributed by atoms with van der Waals surface area (Å²) < 4.78 is 5.28. The molecule has 152 valence electrons. The molecule has 0 atom stereocenters. The summed E-state index contributed by atoms with van der Waals surface area (Å²) in [6.45, 7) is 3.19. The molecular weight excluding hydrogens is 382 g/mol. The first kappa shape index (κ1) is 20.6. The normalized spacial score (nSPS) is 10.9. The first-order valence-corrected chi connectivity index (χ1v) is 9.24.